The van der Waals surface area contributed by atoms with E-state index in [2.05, 4.69) is 30.1 Å². The number of nitrogens with zero attached hydrogens (tertiary/aromatic N) is 6. The number of hydrogen-bond donors (Lipinski definition) is 2. The van der Waals surface area contributed by atoms with Crippen molar-refractivity contribution in [2.75, 3.05) is 13.1 Å². The number of pyridine rings is 3. The first-order valence-electron chi connectivity index (χ1n) is 12.7. The van der Waals surface area contributed by atoms with E-state index in [1.54, 1.807) is 36.6 Å². The second-order valence-corrected chi connectivity index (χ2v) is 11.0. The number of fused-ring (bicyclic) bond motifs is 2. The second kappa shape index (κ2) is 9.35. The van der Waals surface area contributed by atoms with Gasteiger partial charge in [-0.25, -0.2) is 23.7 Å². The van der Waals surface area contributed by atoms with E-state index in [0.29, 0.717) is 46.3 Å². The van der Waals surface area contributed by atoms with Gasteiger partial charge in [-0.1, -0.05) is 0 Å². The maximum Gasteiger partial charge on any atom is 0.261 e. The van der Waals surface area contributed by atoms with E-state index in [9.17, 15) is 13.6 Å². The van der Waals surface area contributed by atoms with Gasteiger partial charge in [0.1, 0.15) is 11.2 Å². The molecule has 7 rings (SSSR count). The van der Waals surface area contributed by atoms with Gasteiger partial charge < -0.3 is 4.98 Å². The van der Waals surface area contributed by atoms with Crippen LogP contribution in [-0.4, -0.2) is 64.8 Å². The van der Waals surface area contributed by atoms with Crippen molar-refractivity contribution in [3.05, 3.63) is 65.6 Å². The lowest BCUT2D eigenvalue weighted by atomic mass is 10.1. The molecule has 0 spiro atoms. The molecule has 0 bridgehead atoms. The van der Waals surface area contributed by atoms with Crippen LogP contribution in [0.1, 0.15) is 28.6 Å². The summed E-state index contributed by atoms with van der Waals surface area (Å²) in [7, 11) is 0. The highest BCUT2D eigenvalue weighted by Crippen LogP contribution is 2.35. The van der Waals surface area contributed by atoms with E-state index < -0.39 is 5.92 Å². The Hall–Kier alpha value is -4.42. The smallest absolute Gasteiger partial charge is 0.261 e. The molecule has 0 atom stereocenters. The molecule has 0 aliphatic carbocycles. The Labute approximate surface area is 230 Å². The number of H-pyrrole nitrogens is 2. The van der Waals surface area contributed by atoms with Gasteiger partial charge >= 0.3 is 0 Å². The van der Waals surface area contributed by atoms with Gasteiger partial charge in [0.05, 0.1) is 16.8 Å². The van der Waals surface area contributed by atoms with E-state index in [1.165, 1.54) is 11.3 Å². The normalized spacial score (nSPS) is 15.4. The minimum atomic E-state index is -2.63. The number of Topliss-reactive ketones (excluding diaryl/α,β-unsaturated/α-hetero) is 1. The molecule has 40 heavy (non-hydrogen) atoms. The molecule has 1 fully saturated rings. The number of likely N-dealkylation sites (tertiary alicyclic amines) is 1. The molecule has 200 valence electrons. The van der Waals surface area contributed by atoms with Crippen LogP contribution in [0, 0.1) is 0 Å². The molecule has 1 aliphatic rings. The molecular weight excluding hydrogens is 534 g/mol. The van der Waals surface area contributed by atoms with Gasteiger partial charge in [0.15, 0.2) is 22.9 Å². The maximum absolute atomic E-state index is 13.6. The first-order chi connectivity index (χ1) is 19.3. The van der Waals surface area contributed by atoms with Crippen molar-refractivity contribution in [2.24, 2.45) is 0 Å². The number of carbonyl (C=O) groups is 1. The van der Waals surface area contributed by atoms with Gasteiger partial charge in [-0.2, -0.15) is 5.10 Å². The lowest BCUT2D eigenvalue weighted by Gasteiger charge is -2.15. The van der Waals surface area contributed by atoms with E-state index >= 15 is 0 Å². The fourth-order valence-electron chi connectivity index (χ4n) is 5.07. The first-order valence-corrected chi connectivity index (χ1v) is 13.5. The Bertz CT molecular complexity index is 1910. The number of hydrogen-bond acceptors (Lipinski definition) is 8. The number of ketones is 1. The third-order valence-corrected chi connectivity index (χ3v) is 8.25. The van der Waals surface area contributed by atoms with Crippen molar-refractivity contribution in [2.45, 2.75) is 25.8 Å². The van der Waals surface area contributed by atoms with Crippen LogP contribution in [0.4, 0.5) is 8.78 Å². The van der Waals surface area contributed by atoms with Crippen LogP contribution in [0.2, 0.25) is 0 Å². The van der Waals surface area contributed by atoms with Crippen molar-refractivity contribution in [3.8, 4) is 33.1 Å². The summed E-state index contributed by atoms with van der Waals surface area (Å²) >= 11 is 1.42. The summed E-state index contributed by atoms with van der Waals surface area (Å²) < 4.78 is 27.3. The number of aromatic nitrogens is 7. The van der Waals surface area contributed by atoms with Crippen LogP contribution in [0.15, 0.2) is 55.1 Å². The van der Waals surface area contributed by atoms with Crippen LogP contribution < -0.4 is 0 Å². The van der Waals surface area contributed by atoms with E-state index in [4.69, 9.17) is 4.98 Å². The lowest BCUT2D eigenvalue weighted by molar-refractivity contribution is 0.0115. The van der Waals surface area contributed by atoms with Crippen LogP contribution in [0.3, 0.4) is 0 Å². The zero-order valence-electron chi connectivity index (χ0n) is 21.3. The Morgan fingerprint density at radius 3 is 2.77 bits per heavy atom. The maximum atomic E-state index is 13.6. The highest BCUT2D eigenvalue weighted by molar-refractivity contribution is 7.17. The summed E-state index contributed by atoms with van der Waals surface area (Å²) in [6, 6.07) is 9.54. The third kappa shape index (κ3) is 4.44. The predicted octanol–water partition coefficient (Wildman–Crippen LogP) is 5.73. The number of alkyl halides is 2. The van der Waals surface area contributed by atoms with Crippen LogP contribution in [0.5, 0.6) is 0 Å². The topological polar surface area (TPSA) is 116 Å². The monoisotopic (exact) mass is 556 g/mol. The highest BCUT2D eigenvalue weighted by atomic mass is 32.1. The fourth-order valence-corrected chi connectivity index (χ4v) is 5.99. The van der Waals surface area contributed by atoms with Gasteiger partial charge in [0, 0.05) is 65.9 Å². The molecular formula is C28H22F2N8OS. The molecule has 6 aromatic rings. The minimum absolute atomic E-state index is 0.0221. The number of carbonyl (C=O) groups excluding carboxylic acids is 1. The molecule has 1 aliphatic heterocycles. The number of imidazole rings is 1. The molecule has 0 saturated carbocycles. The largest absolute Gasteiger partial charge is 0.321 e. The van der Waals surface area contributed by atoms with Gasteiger partial charge in [-0.15, -0.1) is 11.3 Å². The molecule has 2 N–H and O–H groups in total. The summed E-state index contributed by atoms with van der Waals surface area (Å²) in [5.41, 5.74) is 5.86. The number of thiophene rings is 1. The standard InChI is InChI=1S/C28H22F2N8OS/c1-15(39)21-2-3-22(40-21)19-4-6-32-26-23(19)34-27(35-26)24-20-9-18(12-33-25(20)37-36-24)17-8-16(10-31-11-17)13-38-7-5-28(29,30)14-38/h2-4,6,8-12H,5,7,13-14H2,1H3,(H,32,34,35)(H,33,36,37). The summed E-state index contributed by atoms with van der Waals surface area (Å²) in [6.07, 6.45) is 6.77. The van der Waals surface area contributed by atoms with Crippen molar-refractivity contribution < 1.29 is 13.6 Å². The molecule has 12 heteroatoms. The van der Waals surface area contributed by atoms with Crippen LogP contribution in [-0.2, 0) is 6.54 Å². The summed E-state index contributed by atoms with van der Waals surface area (Å²) in [5, 5.41) is 8.21. The third-order valence-electron chi connectivity index (χ3n) is 7.03. The fraction of sp³-hybridized carbons (Fsp3) is 0.214. The van der Waals surface area contributed by atoms with Crippen molar-refractivity contribution in [1.29, 1.82) is 0 Å². The molecule has 1 saturated heterocycles. The van der Waals surface area contributed by atoms with Gasteiger partial charge in [-0.3, -0.25) is 19.8 Å². The van der Waals surface area contributed by atoms with Crippen LogP contribution >= 0.6 is 11.3 Å². The Morgan fingerprint density at radius 1 is 1.10 bits per heavy atom. The quantitative estimate of drug-likeness (QED) is 0.252. The number of nitrogens with one attached hydrogen (secondary N) is 2. The molecule has 0 amide bonds. The van der Waals surface area contributed by atoms with Crippen LogP contribution in [0.25, 0.3) is 55.3 Å². The van der Waals surface area contributed by atoms with Gasteiger partial charge in [0.2, 0.25) is 0 Å². The molecule has 6 aromatic heterocycles. The predicted molar refractivity (Wildman–Crippen MR) is 148 cm³/mol. The molecule has 9 nitrogen and oxygen atoms in total. The number of halogens is 2. The Morgan fingerprint density at radius 2 is 1.98 bits per heavy atom. The summed E-state index contributed by atoms with van der Waals surface area (Å²) in [5.74, 6) is -2.08. The first kappa shape index (κ1) is 24.6. The summed E-state index contributed by atoms with van der Waals surface area (Å²) in [4.78, 5) is 36.6. The number of aromatic amines is 2. The molecule has 7 heterocycles. The van der Waals surface area contributed by atoms with Crippen molar-refractivity contribution >= 4 is 39.3 Å². The van der Waals surface area contributed by atoms with E-state index in [1.807, 2.05) is 30.3 Å². The van der Waals surface area contributed by atoms with Crippen molar-refractivity contribution in [1.82, 2.24) is 40.0 Å². The van der Waals surface area contributed by atoms with E-state index in [-0.39, 0.29) is 18.7 Å². The zero-order valence-corrected chi connectivity index (χ0v) is 22.1. The number of rotatable bonds is 6. The van der Waals surface area contributed by atoms with Gasteiger partial charge in [0.25, 0.3) is 5.92 Å². The van der Waals surface area contributed by atoms with E-state index in [0.717, 1.165) is 32.5 Å². The lowest BCUT2D eigenvalue weighted by Crippen LogP contribution is -2.24. The molecule has 0 aromatic carbocycles. The van der Waals surface area contributed by atoms with Crippen molar-refractivity contribution in [3.63, 3.8) is 0 Å². The average molecular weight is 557 g/mol. The van der Waals surface area contributed by atoms with Gasteiger partial charge in [-0.05, 0) is 42.8 Å². The molecule has 0 radical (unpaired) electrons. The Kier molecular flexibility index (Phi) is 5.75. The SMILES string of the molecule is CC(=O)c1ccc(-c2ccnc3[nH]c(-c4n[nH]c5ncc(-c6cncc(CN7CCC(F)(F)C7)c6)cc45)nc23)s1. The molecule has 0 unspecified atom stereocenters. The zero-order chi connectivity index (χ0) is 27.4. The Balaban J connectivity index is 1.24. The highest BCUT2D eigenvalue weighted by Gasteiger charge is 2.37. The summed E-state index contributed by atoms with van der Waals surface area (Å²) in [6.45, 7) is 2.09. The minimum Gasteiger partial charge on any atom is -0.321 e. The average Bonchev–Trinajstić information content (AvgIpc) is 3.73. The second-order valence-electron chi connectivity index (χ2n) is 9.95.